The van der Waals surface area contributed by atoms with Gasteiger partial charge in [-0.1, -0.05) is 42.5 Å². The van der Waals surface area contributed by atoms with Crippen molar-refractivity contribution in [3.05, 3.63) is 48.0 Å². The molecule has 0 saturated heterocycles. The number of hydrogen-bond donors (Lipinski definition) is 0. The van der Waals surface area contributed by atoms with E-state index in [1.807, 2.05) is 13.0 Å². The van der Waals surface area contributed by atoms with E-state index in [4.69, 9.17) is 4.74 Å². The smallest absolute Gasteiger partial charge is 0.306 e. The molecule has 2 heteroatoms. The Morgan fingerprint density at radius 3 is 2.59 bits per heavy atom. The van der Waals surface area contributed by atoms with E-state index in [1.165, 1.54) is 5.56 Å². The Labute approximate surface area is 103 Å². The third-order valence-electron chi connectivity index (χ3n) is 2.43. The molecule has 0 unspecified atom stereocenters. The van der Waals surface area contributed by atoms with E-state index >= 15 is 0 Å². The van der Waals surface area contributed by atoms with Crippen LogP contribution in [0.2, 0.25) is 0 Å². The Kier molecular flexibility index (Phi) is 6.80. The number of rotatable bonds is 7. The van der Waals surface area contributed by atoms with Crippen molar-refractivity contribution in [2.75, 3.05) is 6.61 Å². The van der Waals surface area contributed by atoms with Crippen LogP contribution in [0.5, 0.6) is 0 Å². The molecule has 1 aromatic carbocycles. The molecule has 0 saturated carbocycles. The summed E-state index contributed by atoms with van der Waals surface area (Å²) in [4.78, 5) is 11.0. The Morgan fingerprint density at radius 1 is 1.18 bits per heavy atom. The quantitative estimate of drug-likeness (QED) is 0.531. The van der Waals surface area contributed by atoms with Crippen molar-refractivity contribution in [3.63, 3.8) is 0 Å². The summed E-state index contributed by atoms with van der Waals surface area (Å²) >= 11 is 0. The van der Waals surface area contributed by atoms with Gasteiger partial charge in [0, 0.05) is 6.42 Å². The zero-order valence-electron chi connectivity index (χ0n) is 10.4. The van der Waals surface area contributed by atoms with Gasteiger partial charge < -0.3 is 4.74 Å². The van der Waals surface area contributed by atoms with Gasteiger partial charge in [-0.15, -0.1) is 0 Å². The highest BCUT2D eigenvalue weighted by Gasteiger charge is 1.97. The molecule has 0 amide bonds. The van der Waals surface area contributed by atoms with Crippen molar-refractivity contribution >= 4 is 5.97 Å². The number of esters is 1. The number of benzene rings is 1. The third-order valence-corrected chi connectivity index (χ3v) is 2.43. The topological polar surface area (TPSA) is 26.3 Å². The molecule has 0 aliphatic heterocycles. The van der Waals surface area contributed by atoms with Gasteiger partial charge in [0.15, 0.2) is 0 Å². The summed E-state index contributed by atoms with van der Waals surface area (Å²) in [7, 11) is 0. The van der Waals surface area contributed by atoms with Crippen molar-refractivity contribution in [2.24, 2.45) is 0 Å². The standard InChI is InChI=1S/C15H20O2/c1-2-17-15(16)13-9-4-3-6-10-14-11-7-5-8-12-14/h3-5,7-8,11-12H,2,6,9-10,13H2,1H3/b4-3+. The predicted octanol–water partition coefficient (Wildman–Crippen LogP) is 3.52. The predicted molar refractivity (Wildman–Crippen MR) is 69.8 cm³/mol. The minimum absolute atomic E-state index is 0.111. The monoisotopic (exact) mass is 232 g/mol. The Morgan fingerprint density at radius 2 is 1.88 bits per heavy atom. The molecular formula is C15H20O2. The molecule has 0 bridgehead atoms. The normalized spacial score (nSPS) is 10.6. The second kappa shape index (κ2) is 8.57. The maximum atomic E-state index is 11.0. The third kappa shape index (κ3) is 6.56. The number of carbonyl (C=O) groups excluding carboxylic acids is 1. The van der Waals surface area contributed by atoms with Gasteiger partial charge in [-0.25, -0.2) is 0 Å². The summed E-state index contributed by atoms with van der Waals surface area (Å²) in [5.74, 6) is -0.111. The molecule has 92 valence electrons. The first kappa shape index (κ1) is 13.5. The van der Waals surface area contributed by atoms with Gasteiger partial charge >= 0.3 is 5.97 Å². The van der Waals surface area contributed by atoms with E-state index in [9.17, 15) is 4.79 Å². The molecule has 1 aromatic rings. The van der Waals surface area contributed by atoms with E-state index in [1.54, 1.807) is 0 Å². The lowest BCUT2D eigenvalue weighted by Gasteiger charge is -1.98. The van der Waals surface area contributed by atoms with Gasteiger partial charge in [0.1, 0.15) is 0 Å². The van der Waals surface area contributed by atoms with Crippen molar-refractivity contribution in [2.45, 2.75) is 32.6 Å². The first-order chi connectivity index (χ1) is 8.33. The van der Waals surface area contributed by atoms with Gasteiger partial charge in [-0.2, -0.15) is 0 Å². The molecule has 2 nitrogen and oxygen atoms in total. The number of ether oxygens (including phenoxy) is 1. The maximum absolute atomic E-state index is 11.0. The molecule has 0 atom stereocenters. The van der Waals surface area contributed by atoms with E-state index in [2.05, 4.69) is 36.4 Å². The van der Waals surface area contributed by atoms with Crippen LogP contribution in [0.15, 0.2) is 42.5 Å². The fourth-order valence-corrected chi connectivity index (χ4v) is 1.56. The summed E-state index contributed by atoms with van der Waals surface area (Å²) < 4.78 is 4.84. The first-order valence-corrected chi connectivity index (χ1v) is 6.17. The molecule has 0 aromatic heterocycles. The lowest BCUT2D eigenvalue weighted by atomic mass is 10.1. The fourth-order valence-electron chi connectivity index (χ4n) is 1.56. The summed E-state index contributed by atoms with van der Waals surface area (Å²) in [5, 5.41) is 0. The van der Waals surface area contributed by atoms with E-state index < -0.39 is 0 Å². The van der Waals surface area contributed by atoms with Crippen LogP contribution in [0, 0.1) is 0 Å². The van der Waals surface area contributed by atoms with E-state index in [-0.39, 0.29) is 5.97 Å². The Bertz CT molecular complexity index is 341. The van der Waals surface area contributed by atoms with Crippen LogP contribution in [0.1, 0.15) is 31.7 Å². The largest absolute Gasteiger partial charge is 0.466 e. The van der Waals surface area contributed by atoms with Gasteiger partial charge in [0.25, 0.3) is 0 Å². The minimum atomic E-state index is -0.111. The summed E-state index contributed by atoms with van der Waals surface area (Å²) in [6.07, 6.45) is 7.51. The molecular weight excluding hydrogens is 212 g/mol. The fraction of sp³-hybridized carbons (Fsp3) is 0.400. The minimum Gasteiger partial charge on any atom is -0.466 e. The zero-order valence-corrected chi connectivity index (χ0v) is 10.4. The van der Waals surface area contributed by atoms with Crippen LogP contribution in [-0.4, -0.2) is 12.6 Å². The van der Waals surface area contributed by atoms with Gasteiger partial charge in [-0.05, 0) is 31.7 Å². The van der Waals surface area contributed by atoms with Crippen molar-refractivity contribution in [1.29, 1.82) is 0 Å². The van der Waals surface area contributed by atoms with Crippen LogP contribution in [0.25, 0.3) is 0 Å². The molecule has 0 spiro atoms. The van der Waals surface area contributed by atoms with Crippen LogP contribution in [0.4, 0.5) is 0 Å². The average Bonchev–Trinajstić information content (AvgIpc) is 2.35. The maximum Gasteiger partial charge on any atom is 0.306 e. The highest BCUT2D eigenvalue weighted by molar-refractivity contribution is 5.69. The molecule has 0 radical (unpaired) electrons. The van der Waals surface area contributed by atoms with Gasteiger partial charge in [0.05, 0.1) is 6.61 Å². The number of carbonyl (C=O) groups is 1. The number of hydrogen-bond acceptors (Lipinski definition) is 2. The summed E-state index contributed by atoms with van der Waals surface area (Å²) in [6.45, 7) is 2.30. The highest BCUT2D eigenvalue weighted by atomic mass is 16.5. The van der Waals surface area contributed by atoms with Crippen LogP contribution in [-0.2, 0) is 16.0 Å². The van der Waals surface area contributed by atoms with Crippen molar-refractivity contribution in [1.82, 2.24) is 0 Å². The zero-order chi connectivity index (χ0) is 12.3. The SMILES string of the molecule is CCOC(=O)CC/C=C/CCc1ccccc1. The Hall–Kier alpha value is -1.57. The summed E-state index contributed by atoms with van der Waals surface area (Å²) in [5.41, 5.74) is 1.35. The highest BCUT2D eigenvalue weighted by Crippen LogP contribution is 2.03. The number of aryl methyl sites for hydroxylation is 1. The van der Waals surface area contributed by atoms with E-state index in [0.29, 0.717) is 13.0 Å². The molecule has 1 rings (SSSR count). The molecule has 17 heavy (non-hydrogen) atoms. The molecule has 0 aliphatic carbocycles. The molecule has 0 heterocycles. The number of allylic oxidation sites excluding steroid dienone is 2. The van der Waals surface area contributed by atoms with Crippen LogP contribution < -0.4 is 0 Å². The molecule has 0 N–H and O–H groups in total. The Balaban J connectivity index is 2.09. The summed E-state index contributed by atoms with van der Waals surface area (Å²) in [6, 6.07) is 10.4. The van der Waals surface area contributed by atoms with Crippen molar-refractivity contribution < 1.29 is 9.53 Å². The van der Waals surface area contributed by atoms with Gasteiger partial charge in [0.2, 0.25) is 0 Å². The lowest BCUT2D eigenvalue weighted by Crippen LogP contribution is -2.02. The first-order valence-electron chi connectivity index (χ1n) is 6.17. The van der Waals surface area contributed by atoms with E-state index in [0.717, 1.165) is 19.3 Å². The lowest BCUT2D eigenvalue weighted by molar-refractivity contribution is -0.142. The average molecular weight is 232 g/mol. The van der Waals surface area contributed by atoms with Gasteiger partial charge in [-0.3, -0.25) is 4.79 Å². The second-order valence-corrected chi connectivity index (χ2v) is 3.84. The van der Waals surface area contributed by atoms with Crippen LogP contribution >= 0.6 is 0 Å². The molecule has 0 fully saturated rings. The van der Waals surface area contributed by atoms with Crippen LogP contribution in [0.3, 0.4) is 0 Å². The van der Waals surface area contributed by atoms with Crippen molar-refractivity contribution in [3.8, 4) is 0 Å². The molecule has 0 aliphatic rings. The second-order valence-electron chi connectivity index (χ2n) is 3.84.